The number of fused-ring (bicyclic) bond motifs is 1. The van der Waals surface area contributed by atoms with E-state index in [1.54, 1.807) is 11.6 Å². The Morgan fingerprint density at radius 1 is 1.26 bits per heavy atom. The van der Waals surface area contributed by atoms with E-state index >= 15 is 0 Å². The van der Waals surface area contributed by atoms with Gasteiger partial charge in [-0.2, -0.15) is 0 Å². The SMILES string of the molecule is COc1cccc(CN2CCCC[C@H]2c2cc3nc(C)c(C)c(=O)n3[nH]2)c1. The Bertz CT molecular complexity index is 1020. The Hall–Kier alpha value is -2.60. The number of rotatable bonds is 4. The van der Waals surface area contributed by atoms with Crippen molar-refractivity contribution in [2.45, 2.75) is 45.7 Å². The first-order chi connectivity index (χ1) is 13.1. The maximum Gasteiger partial charge on any atom is 0.275 e. The minimum Gasteiger partial charge on any atom is -0.497 e. The van der Waals surface area contributed by atoms with Crippen LogP contribution in [-0.2, 0) is 6.54 Å². The zero-order chi connectivity index (χ0) is 19.0. The third-order valence-corrected chi connectivity index (χ3v) is 5.60. The molecule has 6 nitrogen and oxygen atoms in total. The normalized spacial score (nSPS) is 18.1. The second kappa shape index (κ2) is 7.19. The molecule has 0 unspecified atom stereocenters. The Labute approximate surface area is 158 Å². The molecule has 1 N–H and O–H groups in total. The van der Waals surface area contributed by atoms with Crippen molar-refractivity contribution in [3.8, 4) is 5.75 Å². The van der Waals surface area contributed by atoms with Crippen LogP contribution in [0.25, 0.3) is 5.65 Å². The molecule has 0 aliphatic carbocycles. The lowest BCUT2D eigenvalue weighted by molar-refractivity contribution is 0.137. The monoisotopic (exact) mass is 366 g/mol. The molecule has 6 heteroatoms. The number of hydrogen-bond donors (Lipinski definition) is 1. The molecule has 0 spiro atoms. The van der Waals surface area contributed by atoms with Crippen molar-refractivity contribution >= 4 is 5.65 Å². The van der Waals surface area contributed by atoms with Crippen LogP contribution >= 0.6 is 0 Å². The average molecular weight is 366 g/mol. The largest absolute Gasteiger partial charge is 0.497 e. The molecule has 0 bridgehead atoms. The van der Waals surface area contributed by atoms with E-state index in [0.29, 0.717) is 11.2 Å². The predicted molar refractivity (Wildman–Crippen MR) is 105 cm³/mol. The van der Waals surface area contributed by atoms with E-state index in [4.69, 9.17) is 4.74 Å². The van der Waals surface area contributed by atoms with Gasteiger partial charge in [0.05, 0.1) is 18.8 Å². The molecule has 142 valence electrons. The number of benzene rings is 1. The number of hydrogen-bond acceptors (Lipinski definition) is 4. The number of aromatic amines is 1. The molecule has 4 rings (SSSR count). The number of piperidine rings is 1. The van der Waals surface area contributed by atoms with Gasteiger partial charge < -0.3 is 4.74 Å². The summed E-state index contributed by atoms with van der Waals surface area (Å²) in [6.07, 6.45) is 3.45. The highest BCUT2D eigenvalue weighted by atomic mass is 16.5. The van der Waals surface area contributed by atoms with Crippen molar-refractivity contribution in [3.05, 3.63) is 63.2 Å². The van der Waals surface area contributed by atoms with Gasteiger partial charge in [0.25, 0.3) is 5.56 Å². The summed E-state index contributed by atoms with van der Waals surface area (Å²) in [7, 11) is 1.70. The lowest BCUT2D eigenvalue weighted by Gasteiger charge is -2.35. The van der Waals surface area contributed by atoms with Gasteiger partial charge >= 0.3 is 0 Å². The summed E-state index contributed by atoms with van der Waals surface area (Å²) in [5.74, 6) is 0.883. The van der Waals surface area contributed by atoms with Crippen LogP contribution in [0.3, 0.4) is 0 Å². The first-order valence-electron chi connectivity index (χ1n) is 9.52. The third kappa shape index (κ3) is 3.37. The minimum atomic E-state index is -0.0149. The number of likely N-dealkylation sites (tertiary alicyclic amines) is 1. The summed E-state index contributed by atoms with van der Waals surface area (Å²) < 4.78 is 6.94. The molecule has 3 aromatic rings. The predicted octanol–water partition coefficient (Wildman–Crippen LogP) is 3.38. The van der Waals surface area contributed by atoms with Gasteiger partial charge in [0, 0.05) is 23.9 Å². The second-order valence-electron chi connectivity index (χ2n) is 7.37. The van der Waals surface area contributed by atoms with Crippen LogP contribution in [0, 0.1) is 13.8 Å². The van der Waals surface area contributed by atoms with Gasteiger partial charge in [0.2, 0.25) is 0 Å². The minimum absolute atomic E-state index is 0.0149. The maximum atomic E-state index is 12.6. The highest BCUT2D eigenvalue weighted by Crippen LogP contribution is 2.32. The molecule has 1 aromatic carbocycles. The summed E-state index contributed by atoms with van der Waals surface area (Å²) in [6.45, 7) is 5.61. The van der Waals surface area contributed by atoms with Gasteiger partial charge in [-0.1, -0.05) is 18.6 Å². The van der Waals surface area contributed by atoms with E-state index in [2.05, 4.69) is 27.1 Å². The van der Waals surface area contributed by atoms with Crippen molar-refractivity contribution in [3.63, 3.8) is 0 Å². The van der Waals surface area contributed by atoms with E-state index in [1.165, 1.54) is 18.4 Å². The molecule has 1 saturated heterocycles. The molecule has 0 saturated carbocycles. The van der Waals surface area contributed by atoms with Gasteiger partial charge in [0.1, 0.15) is 5.75 Å². The van der Waals surface area contributed by atoms with Crippen LogP contribution in [0.15, 0.2) is 35.1 Å². The molecule has 27 heavy (non-hydrogen) atoms. The van der Waals surface area contributed by atoms with E-state index in [9.17, 15) is 4.79 Å². The Balaban J connectivity index is 1.67. The second-order valence-corrected chi connectivity index (χ2v) is 7.37. The number of aryl methyl sites for hydroxylation is 1. The van der Waals surface area contributed by atoms with Gasteiger partial charge in [-0.25, -0.2) is 9.50 Å². The lowest BCUT2D eigenvalue weighted by atomic mass is 9.98. The highest BCUT2D eigenvalue weighted by Gasteiger charge is 2.26. The molecule has 1 atom stereocenters. The van der Waals surface area contributed by atoms with Crippen molar-refractivity contribution < 1.29 is 4.74 Å². The molecule has 1 fully saturated rings. The molecule has 1 aliphatic rings. The van der Waals surface area contributed by atoms with Crippen molar-refractivity contribution in [2.24, 2.45) is 0 Å². The number of ether oxygens (including phenoxy) is 1. The molecular weight excluding hydrogens is 340 g/mol. The fourth-order valence-electron chi connectivity index (χ4n) is 3.95. The van der Waals surface area contributed by atoms with Crippen LogP contribution in [-0.4, -0.2) is 33.2 Å². The van der Waals surface area contributed by atoms with Crippen molar-refractivity contribution in [1.29, 1.82) is 0 Å². The molecule has 0 amide bonds. The van der Waals surface area contributed by atoms with Crippen LogP contribution < -0.4 is 10.3 Å². The zero-order valence-corrected chi connectivity index (χ0v) is 16.2. The number of methoxy groups -OCH3 is 1. The first kappa shape index (κ1) is 17.8. The molecule has 1 aliphatic heterocycles. The van der Waals surface area contributed by atoms with Gasteiger partial charge in [-0.05, 0) is 50.9 Å². The first-order valence-corrected chi connectivity index (χ1v) is 9.52. The molecule has 3 heterocycles. The van der Waals surface area contributed by atoms with E-state index in [1.807, 2.05) is 32.0 Å². The maximum absolute atomic E-state index is 12.6. The van der Waals surface area contributed by atoms with Crippen molar-refractivity contribution in [1.82, 2.24) is 19.5 Å². The van der Waals surface area contributed by atoms with E-state index < -0.39 is 0 Å². The van der Waals surface area contributed by atoms with Crippen LogP contribution in [0.1, 0.15) is 47.8 Å². The summed E-state index contributed by atoms with van der Waals surface area (Å²) in [4.78, 5) is 19.6. The Kier molecular flexibility index (Phi) is 4.74. The molecule has 2 aromatic heterocycles. The van der Waals surface area contributed by atoms with Gasteiger partial charge in [0.15, 0.2) is 5.65 Å². The summed E-state index contributed by atoms with van der Waals surface area (Å²) in [5.41, 5.74) is 4.47. The van der Waals surface area contributed by atoms with Crippen molar-refractivity contribution in [2.75, 3.05) is 13.7 Å². The molecular formula is C21H26N4O2. The van der Waals surface area contributed by atoms with Crippen LogP contribution in [0.4, 0.5) is 0 Å². The topological polar surface area (TPSA) is 62.6 Å². The summed E-state index contributed by atoms with van der Waals surface area (Å²) >= 11 is 0. The Morgan fingerprint density at radius 2 is 2.11 bits per heavy atom. The summed E-state index contributed by atoms with van der Waals surface area (Å²) in [6, 6.07) is 10.5. The van der Waals surface area contributed by atoms with Gasteiger partial charge in [-0.3, -0.25) is 14.8 Å². The smallest absolute Gasteiger partial charge is 0.275 e. The highest BCUT2D eigenvalue weighted by molar-refractivity contribution is 5.42. The standard InChI is InChI=1S/C21H26N4O2/c1-14-15(2)22-20-12-18(23-25(20)21(14)26)19-9-4-5-10-24(19)13-16-7-6-8-17(11-16)27-3/h6-8,11-12,19,23H,4-5,9-10,13H2,1-3H3/t19-/m0/s1. The van der Waals surface area contributed by atoms with E-state index in [-0.39, 0.29) is 11.6 Å². The summed E-state index contributed by atoms with van der Waals surface area (Å²) in [5, 5.41) is 3.32. The van der Waals surface area contributed by atoms with Crippen LogP contribution in [0.2, 0.25) is 0 Å². The number of nitrogens with zero attached hydrogens (tertiary/aromatic N) is 3. The van der Waals surface area contributed by atoms with Gasteiger partial charge in [-0.15, -0.1) is 0 Å². The fourth-order valence-corrected chi connectivity index (χ4v) is 3.95. The number of nitrogens with one attached hydrogen (secondary N) is 1. The quantitative estimate of drug-likeness (QED) is 0.769. The lowest BCUT2D eigenvalue weighted by Crippen LogP contribution is -2.33. The van der Waals surface area contributed by atoms with Crippen LogP contribution in [0.5, 0.6) is 5.75 Å². The fraction of sp³-hybridized carbons (Fsp3) is 0.429. The Morgan fingerprint density at radius 3 is 2.93 bits per heavy atom. The third-order valence-electron chi connectivity index (χ3n) is 5.60. The zero-order valence-electron chi connectivity index (χ0n) is 16.2. The average Bonchev–Trinajstić information content (AvgIpc) is 3.10. The van der Waals surface area contributed by atoms with E-state index in [0.717, 1.165) is 36.6 Å². The molecule has 0 radical (unpaired) electrons. The number of H-pyrrole nitrogens is 1. The number of aromatic nitrogens is 3.